The quantitative estimate of drug-likeness (QED) is 0.582. The predicted molar refractivity (Wildman–Crippen MR) is 45.3 cm³/mol. The molecule has 0 spiro atoms. The summed E-state index contributed by atoms with van der Waals surface area (Å²) in [5.41, 5.74) is 2.92. The smallest absolute Gasteiger partial charge is 0.627 e. The Morgan fingerprint density at radius 3 is 3.00 bits per heavy atom. The first-order valence-corrected chi connectivity index (χ1v) is 3.96. The average molecular weight is 247 g/mol. The van der Waals surface area contributed by atoms with Crippen LogP contribution >= 0.6 is 0 Å². The van der Waals surface area contributed by atoms with Crippen molar-refractivity contribution in [2.24, 2.45) is 0 Å². The van der Waals surface area contributed by atoms with Gasteiger partial charge in [0.25, 0.3) is 0 Å². The molecule has 3 nitrogen and oxygen atoms in total. The number of pyridine rings is 1. The fourth-order valence-electron chi connectivity index (χ4n) is 1.42. The van der Waals surface area contributed by atoms with E-state index in [4.69, 9.17) is 0 Å². The van der Waals surface area contributed by atoms with Gasteiger partial charge < -0.3 is 10.1 Å². The van der Waals surface area contributed by atoms with Crippen molar-refractivity contribution in [3.05, 3.63) is 28.8 Å². The Bertz CT molecular complexity index is 338. The van der Waals surface area contributed by atoms with Crippen molar-refractivity contribution in [1.82, 2.24) is 4.98 Å². The van der Waals surface area contributed by atoms with Gasteiger partial charge in [0.1, 0.15) is 0 Å². The number of hydrogen-bond acceptors (Lipinski definition) is 2. The van der Waals surface area contributed by atoms with Crippen LogP contribution in [0.15, 0.2) is 12.3 Å². The van der Waals surface area contributed by atoms with E-state index in [-0.39, 0.29) is 64.1 Å². The molecule has 0 radical (unpaired) electrons. The van der Waals surface area contributed by atoms with Crippen molar-refractivity contribution in [3.8, 4) is 0 Å². The van der Waals surface area contributed by atoms with Gasteiger partial charge in [-0.15, -0.1) is 5.69 Å². The largest absolute Gasteiger partial charge is 1.00 e. The second-order valence-electron chi connectivity index (χ2n) is 2.90. The van der Waals surface area contributed by atoms with Gasteiger partial charge >= 0.3 is 58.2 Å². The van der Waals surface area contributed by atoms with Gasteiger partial charge in [0.15, 0.2) is 0 Å². The normalized spacial score (nSPS) is 14.1. The van der Waals surface area contributed by atoms with Crippen LogP contribution in [0.25, 0.3) is 5.32 Å². The SMILES string of the molecule is Cc1nccc2c1CCC(=O)[N-]2.[Rb+]. The molecule has 13 heavy (non-hydrogen) atoms. The zero-order valence-corrected chi connectivity index (χ0v) is 12.8. The zero-order valence-electron chi connectivity index (χ0n) is 7.87. The molecule has 0 bridgehead atoms. The third-order valence-electron chi connectivity index (χ3n) is 2.08. The second-order valence-corrected chi connectivity index (χ2v) is 2.90. The van der Waals surface area contributed by atoms with Gasteiger partial charge in [-0.05, 0) is 25.3 Å². The van der Waals surface area contributed by atoms with Gasteiger partial charge in [-0.1, -0.05) is 6.07 Å². The number of hydrogen-bond donors (Lipinski definition) is 0. The van der Waals surface area contributed by atoms with Crippen molar-refractivity contribution in [2.45, 2.75) is 19.8 Å². The fourth-order valence-corrected chi connectivity index (χ4v) is 1.42. The number of aromatic nitrogens is 1. The molecule has 1 aliphatic rings. The summed E-state index contributed by atoms with van der Waals surface area (Å²) in [5, 5.41) is 3.93. The summed E-state index contributed by atoms with van der Waals surface area (Å²) in [6.07, 6.45) is 3.01. The summed E-state index contributed by atoms with van der Waals surface area (Å²) in [7, 11) is 0. The van der Waals surface area contributed by atoms with E-state index in [9.17, 15) is 4.79 Å². The van der Waals surface area contributed by atoms with E-state index in [0.717, 1.165) is 23.4 Å². The number of nitrogens with zero attached hydrogens (tertiary/aromatic N) is 2. The molecule has 2 rings (SSSR count). The standard InChI is InChI=1S/C9H10N2O.Rb/c1-6-7-2-3-9(12)11-8(7)4-5-10-6;/h4-5H,2-3H2,1H3,(H,10,11,12);/q;+1/p-1. The minimum Gasteiger partial charge on any atom is -0.627 e. The molecular formula is C9H9N2ORb. The van der Waals surface area contributed by atoms with Crippen LogP contribution in [0.1, 0.15) is 17.7 Å². The van der Waals surface area contributed by atoms with E-state index in [1.807, 2.05) is 6.92 Å². The Morgan fingerprint density at radius 2 is 2.23 bits per heavy atom. The summed E-state index contributed by atoms with van der Waals surface area (Å²) < 4.78 is 0. The van der Waals surface area contributed by atoms with E-state index in [1.54, 1.807) is 12.3 Å². The molecule has 62 valence electrons. The van der Waals surface area contributed by atoms with Crippen LogP contribution in [0, 0.1) is 6.92 Å². The summed E-state index contributed by atoms with van der Waals surface area (Å²) in [6.45, 7) is 1.95. The molecule has 0 saturated heterocycles. The maximum atomic E-state index is 11.0. The molecule has 0 aliphatic carbocycles. The van der Waals surface area contributed by atoms with Crippen molar-refractivity contribution in [2.75, 3.05) is 0 Å². The number of fused-ring (bicyclic) bond motifs is 1. The maximum absolute atomic E-state index is 11.0. The predicted octanol–water partition coefficient (Wildman–Crippen LogP) is -1.13. The third kappa shape index (κ3) is 2.46. The summed E-state index contributed by atoms with van der Waals surface area (Å²) in [6, 6.07) is 1.79. The van der Waals surface area contributed by atoms with Crippen LogP contribution in [-0.4, -0.2) is 10.9 Å². The van der Waals surface area contributed by atoms with Crippen LogP contribution in [0.5, 0.6) is 0 Å². The van der Waals surface area contributed by atoms with Crippen molar-refractivity contribution < 1.29 is 63.0 Å². The molecule has 0 N–H and O–H groups in total. The van der Waals surface area contributed by atoms with Crippen LogP contribution in [0.4, 0.5) is 5.69 Å². The Morgan fingerprint density at radius 1 is 1.46 bits per heavy atom. The number of carbonyl (C=O) groups excluding carboxylic acids is 1. The van der Waals surface area contributed by atoms with Crippen LogP contribution in [0.3, 0.4) is 0 Å². The van der Waals surface area contributed by atoms with Gasteiger partial charge in [-0.3, -0.25) is 4.98 Å². The van der Waals surface area contributed by atoms with Gasteiger partial charge in [0.2, 0.25) is 0 Å². The second kappa shape index (κ2) is 4.78. The molecule has 1 aromatic heterocycles. The molecule has 0 atom stereocenters. The van der Waals surface area contributed by atoms with Crippen molar-refractivity contribution in [3.63, 3.8) is 0 Å². The van der Waals surface area contributed by atoms with Crippen LogP contribution in [-0.2, 0) is 11.2 Å². The first kappa shape index (κ1) is 11.5. The van der Waals surface area contributed by atoms with Crippen LogP contribution in [0.2, 0.25) is 0 Å². The molecule has 1 aliphatic heterocycles. The van der Waals surface area contributed by atoms with Gasteiger partial charge in [-0.2, -0.15) is 0 Å². The summed E-state index contributed by atoms with van der Waals surface area (Å²) in [4.78, 5) is 15.1. The Kier molecular flexibility index (Phi) is 4.23. The number of carbonyl (C=O) groups is 1. The first-order valence-electron chi connectivity index (χ1n) is 3.96. The molecular weight excluding hydrogens is 238 g/mol. The average Bonchev–Trinajstić information content (AvgIpc) is 2.04. The number of rotatable bonds is 0. The van der Waals surface area contributed by atoms with E-state index < -0.39 is 0 Å². The molecule has 0 aromatic carbocycles. The molecule has 1 aromatic rings. The van der Waals surface area contributed by atoms with Gasteiger partial charge in [-0.25, -0.2) is 0 Å². The molecule has 2 heterocycles. The molecule has 0 unspecified atom stereocenters. The minimum absolute atomic E-state index is 0. The van der Waals surface area contributed by atoms with E-state index >= 15 is 0 Å². The Hall–Kier alpha value is 0.425. The monoisotopic (exact) mass is 246 g/mol. The first-order chi connectivity index (χ1) is 5.77. The molecule has 0 saturated carbocycles. The zero-order chi connectivity index (χ0) is 8.55. The Labute approximate surface area is 126 Å². The minimum atomic E-state index is -0.0203. The number of amides is 1. The van der Waals surface area contributed by atoms with Crippen molar-refractivity contribution in [1.29, 1.82) is 0 Å². The molecule has 1 amide bonds. The molecule has 0 fully saturated rings. The van der Waals surface area contributed by atoms with E-state index in [2.05, 4.69) is 10.3 Å². The third-order valence-corrected chi connectivity index (χ3v) is 2.08. The van der Waals surface area contributed by atoms with Crippen LogP contribution < -0.4 is 58.2 Å². The molecule has 4 heteroatoms. The summed E-state index contributed by atoms with van der Waals surface area (Å²) >= 11 is 0. The van der Waals surface area contributed by atoms with E-state index in [0.29, 0.717) is 6.42 Å². The summed E-state index contributed by atoms with van der Waals surface area (Å²) in [5.74, 6) is -0.0203. The van der Waals surface area contributed by atoms with Gasteiger partial charge in [0.05, 0.1) is 5.91 Å². The van der Waals surface area contributed by atoms with Crippen molar-refractivity contribution >= 4 is 11.6 Å². The maximum Gasteiger partial charge on any atom is 1.00 e. The fraction of sp³-hybridized carbons (Fsp3) is 0.333. The Balaban J connectivity index is 0.000000845. The topological polar surface area (TPSA) is 44.1 Å². The number of aryl methyl sites for hydroxylation is 1. The van der Waals surface area contributed by atoms with E-state index in [1.165, 1.54) is 0 Å². The van der Waals surface area contributed by atoms with Gasteiger partial charge in [0, 0.05) is 11.9 Å².